The van der Waals surface area contributed by atoms with Gasteiger partial charge < -0.3 is 15.8 Å². The van der Waals surface area contributed by atoms with Crippen molar-refractivity contribution in [1.29, 1.82) is 0 Å². The van der Waals surface area contributed by atoms with Crippen molar-refractivity contribution in [2.75, 3.05) is 33.3 Å². The highest BCUT2D eigenvalue weighted by molar-refractivity contribution is 7.89. The van der Waals surface area contributed by atoms with Gasteiger partial charge in [0.15, 0.2) is 0 Å². The zero-order chi connectivity index (χ0) is 19.3. The minimum atomic E-state index is -4.09. The Bertz CT molecular complexity index is 784. The SMILES string of the molecule is COC(=O)c1cc(F)ccc1S(=O)(=O)N1CCCC(C(=O)NCCN)C1. The number of amides is 1. The van der Waals surface area contributed by atoms with Gasteiger partial charge in [0, 0.05) is 26.2 Å². The quantitative estimate of drug-likeness (QED) is 0.668. The zero-order valence-electron chi connectivity index (χ0n) is 14.4. The van der Waals surface area contributed by atoms with Crippen molar-refractivity contribution in [3.8, 4) is 0 Å². The first-order chi connectivity index (χ1) is 12.3. The highest BCUT2D eigenvalue weighted by Crippen LogP contribution is 2.27. The van der Waals surface area contributed by atoms with E-state index in [4.69, 9.17) is 5.73 Å². The number of methoxy groups -OCH3 is 1. The van der Waals surface area contributed by atoms with Gasteiger partial charge in [0.1, 0.15) is 5.82 Å². The number of halogens is 1. The number of hydrogen-bond acceptors (Lipinski definition) is 6. The number of carbonyl (C=O) groups is 2. The van der Waals surface area contributed by atoms with Crippen LogP contribution in [0.5, 0.6) is 0 Å². The minimum Gasteiger partial charge on any atom is -0.465 e. The Labute approximate surface area is 151 Å². The van der Waals surface area contributed by atoms with Crippen LogP contribution < -0.4 is 11.1 Å². The van der Waals surface area contributed by atoms with Gasteiger partial charge in [-0.3, -0.25) is 4.79 Å². The summed E-state index contributed by atoms with van der Waals surface area (Å²) in [5.41, 5.74) is 4.98. The summed E-state index contributed by atoms with van der Waals surface area (Å²) in [5, 5.41) is 2.65. The molecule has 1 unspecified atom stereocenters. The molecule has 1 aliphatic rings. The van der Waals surface area contributed by atoms with E-state index in [-0.39, 0.29) is 29.5 Å². The first kappa shape index (κ1) is 20.3. The van der Waals surface area contributed by atoms with Crippen LogP contribution in [0, 0.1) is 11.7 Å². The van der Waals surface area contributed by atoms with E-state index in [9.17, 15) is 22.4 Å². The van der Waals surface area contributed by atoms with Gasteiger partial charge in [0.05, 0.1) is 23.5 Å². The molecule has 0 radical (unpaired) electrons. The predicted molar refractivity (Wildman–Crippen MR) is 91.3 cm³/mol. The molecular weight excluding hydrogens is 365 g/mol. The summed E-state index contributed by atoms with van der Waals surface area (Å²) in [6, 6.07) is 2.83. The predicted octanol–water partition coefficient (Wildman–Crippen LogP) is 0.0879. The number of benzene rings is 1. The lowest BCUT2D eigenvalue weighted by atomic mass is 9.99. The topological polar surface area (TPSA) is 119 Å². The maximum Gasteiger partial charge on any atom is 0.339 e. The molecule has 0 aromatic heterocycles. The van der Waals surface area contributed by atoms with Crippen LogP contribution in [0.4, 0.5) is 4.39 Å². The van der Waals surface area contributed by atoms with Crippen LogP contribution >= 0.6 is 0 Å². The highest BCUT2D eigenvalue weighted by Gasteiger charge is 2.35. The second-order valence-electron chi connectivity index (χ2n) is 5.91. The first-order valence-electron chi connectivity index (χ1n) is 8.17. The van der Waals surface area contributed by atoms with Crippen LogP contribution in [0.2, 0.25) is 0 Å². The lowest BCUT2D eigenvalue weighted by molar-refractivity contribution is -0.126. The average molecular weight is 387 g/mol. The van der Waals surface area contributed by atoms with Gasteiger partial charge in [-0.2, -0.15) is 4.31 Å². The van der Waals surface area contributed by atoms with E-state index in [1.54, 1.807) is 0 Å². The monoisotopic (exact) mass is 387 g/mol. The molecule has 8 nitrogen and oxygen atoms in total. The molecule has 0 aliphatic carbocycles. The maximum absolute atomic E-state index is 13.5. The summed E-state index contributed by atoms with van der Waals surface area (Å²) in [7, 11) is -3.00. The van der Waals surface area contributed by atoms with Crippen LogP contribution in [0.1, 0.15) is 23.2 Å². The maximum atomic E-state index is 13.5. The smallest absolute Gasteiger partial charge is 0.339 e. The Morgan fingerprint density at radius 2 is 2.15 bits per heavy atom. The molecule has 1 amide bonds. The fourth-order valence-electron chi connectivity index (χ4n) is 2.85. The second-order valence-corrected chi connectivity index (χ2v) is 7.82. The number of rotatable bonds is 6. The third-order valence-electron chi connectivity index (χ3n) is 4.16. The van der Waals surface area contributed by atoms with E-state index in [1.807, 2.05) is 0 Å². The molecule has 10 heteroatoms. The molecule has 0 bridgehead atoms. The fourth-order valence-corrected chi connectivity index (χ4v) is 4.53. The summed E-state index contributed by atoms with van der Waals surface area (Å²) in [4.78, 5) is 23.6. The Hall–Kier alpha value is -2.04. The molecule has 0 saturated carbocycles. The molecule has 1 aromatic carbocycles. The summed E-state index contributed by atoms with van der Waals surface area (Å²) in [5.74, 6) is -2.46. The van der Waals surface area contributed by atoms with Crippen molar-refractivity contribution in [3.05, 3.63) is 29.6 Å². The molecule has 1 aliphatic heterocycles. The highest BCUT2D eigenvalue weighted by atomic mass is 32.2. The van der Waals surface area contributed by atoms with Gasteiger partial charge in [-0.25, -0.2) is 17.6 Å². The summed E-state index contributed by atoms with van der Waals surface area (Å²) >= 11 is 0. The second kappa shape index (κ2) is 8.56. The van der Waals surface area contributed by atoms with E-state index in [0.29, 0.717) is 25.9 Å². The molecule has 3 N–H and O–H groups in total. The van der Waals surface area contributed by atoms with Gasteiger partial charge in [0.2, 0.25) is 15.9 Å². The molecule has 1 fully saturated rings. The number of piperidine rings is 1. The molecule has 2 rings (SSSR count). The van der Waals surface area contributed by atoms with E-state index in [0.717, 1.165) is 29.6 Å². The molecule has 1 heterocycles. The van der Waals surface area contributed by atoms with Crippen molar-refractivity contribution in [1.82, 2.24) is 9.62 Å². The largest absolute Gasteiger partial charge is 0.465 e. The van der Waals surface area contributed by atoms with Crippen LogP contribution in [0.3, 0.4) is 0 Å². The molecule has 1 atom stereocenters. The molecule has 144 valence electrons. The van der Waals surface area contributed by atoms with Crippen molar-refractivity contribution in [2.24, 2.45) is 11.7 Å². The number of nitrogens with zero attached hydrogens (tertiary/aromatic N) is 1. The Morgan fingerprint density at radius 3 is 2.81 bits per heavy atom. The lowest BCUT2D eigenvalue weighted by Crippen LogP contribution is -2.46. The normalized spacial score (nSPS) is 18.3. The number of esters is 1. The van der Waals surface area contributed by atoms with Crippen LogP contribution in [0.15, 0.2) is 23.1 Å². The molecule has 1 aromatic rings. The number of carbonyl (C=O) groups excluding carboxylic acids is 2. The first-order valence-corrected chi connectivity index (χ1v) is 9.61. The van der Waals surface area contributed by atoms with E-state index >= 15 is 0 Å². The lowest BCUT2D eigenvalue weighted by Gasteiger charge is -2.31. The van der Waals surface area contributed by atoms with Gasteiger partial charge in [-0.15, -0.1) is 0 Å². The van der Waals surface area contributed by atoms with Gasteiger partial charge >= 0.3 is 5.97 Å². The molecule has 1 saturated heterocycles. The Kier molecular flexibility index (Phi) is 6.68. The number of hydrogen-bond donors (Lipinski definition) is 2. The van der Waals surface area contributed by atoms with E-state index < -0.39 is 27.7 Å². The third kappa shape index (κ3) is 4.37. The minimum absolute atomic E-state index is 0.0171. The zero-order valence-corrected chi connectivity index (χ0v) is 15.2. The number of nitrogens with one attached hydrogen (secondary N) is 1. The standard InChI is InChI=1S/C16H22FN3O5S/c1-25-16(22)13-9-12(17)4-5-14(13)26(23,24)20-8-2-3-11(10-20)15(21)19-7-6-18/h4-5,9,11H,2-3,6-8,10,18H2,1H3,(H,19,21). The molecule has 26 heavy (non-hydrogen) atoms. The van der Waals surface area contributed by atoms with Crippen LogP contribution in [0.25, 0.3) is 0 Å². The summed E-state index contributed by atoms with van der Waals surface area (Å²) in [6.07, 6.45) is 1.05. The van der Waals surface area contributed by atoms with Crippen LogP contribution in [-0.4, -0.2) is 57.9 Å². The van der Waals surface area contributed by atoms with Crippen molar-refractivity contribution >= 4 is 21.9 Å². The van der Waals surface area contributed by atoms with E-state index in [2.05, 4.69) is 10.1 Å². The summed E-state index contributed by atoms with van der Waals surface area (Å²) < 4.78 is 45.1. The van der Waals surface area contributed by atoms with E-state index in [1.165, 1.54) is 0 Å². The van der Waals surface area contributed by atoms with Gasteiger partial charge in [-0.05, 0) is 31.0 Å². The van der Waals surface area contributed by atoms with Gasteiger partial charge in [0.25, 0.3) is 0 Å². The van der Waals surface area contributed by atoms with Gasteiger partial charge in [-0.1, -0.05) is 0 Å². The molecule has 0 spiro atoms. The third-order valence-corrected chi connectivity index (χ3v) is 6.09. The van der Waals surface area contributed by atoms with Crippen molar-refractivity contribution in [2.45, 2.75) is 17.7 Å². The van der Waals surface area contributed by atoms with Crippen molar-refractivity contribution in [3.63, 3.8) is 0 Å². The Morgan fingerprint density at radius 1 is 1.42 bits per heavy atom. The number of nitrogens with two attached hydrogens (primary N) is 1. The Balaban J connectivity index is 2.30. The van der Waals surface area contributed by atoms with Crippen molar-refractivity contribution < 1.29 is 27.1 Å². The van der Waals surface area contributed by atoms with Crippen LogP contribution in [-0.2, 0) is 19.6 Å². The fraction of sp³-hybridized carbons (Fsp3) is 0.500. The number of ether oxygens (including phenoxy) is 1. The average Bonchev–Trinajstić information content (AvgIpc) is 2.65. The summed E-state index contributed by atoms with van der Waals surface area (Å²) in [6.45, 7) is 0.794. The number of sulfonamides is 1. The molecular formula is C16H22FN3O5S.